The number of amides is 2. The summed E-state index contributed by atoms with van der Waals surface area (Å²) in [7, 11) is 2.07. The van der Waals surface area contributed by atoms with E-state index in [2.05, 4.69) is 22.6 Å². The van der Waals surface area contributed by atoms with E-state index >= 15 is 0 Å². The number of hydrogen-bond donors (Lipinski definition) is 3. The third kappa shape index (κ3) is 7.32. The van der Waals surface area contributed by atoms with Crippen molar-refractivity contribution in [2.24, 2.45) is 5.92 Å². The average molecular weight is 299 g/mol. The first-order chi connectivity index (χ1) is 9.88. The molecule has 3 unspecified atom stereocenters. The highest BCUT2D eigenvalue weighted by Gasteiger charge is 2.19. The summed E-state index contributed by atoms with van der Waals surface area (Å²) in [6, 6.07) is 0.171. The maximum Gasteiger partial charge on any atom is 0.315 e. The molecule has 0 aromatic carbocycles. The number of carbonyl (C=O) groups is 2. The van der Waals surface area contributed by atoms with Gasteiger partial charge in [-0.1, -0.05) is 13.3 Å². The van der Waals surface area contributed by atoms with Gasteiger partial charge in [0, 0.05) is 18.6 Å². The molecule has 6 nitrogen and oxygen atoms in total. The van der Waals surface area contributed by atoms with Crippen molar-refractivity contribution >= 4 is 12.0 Å². The van der Waals surface area contributed by atoms with E-state index in [1.807, 2.05) is 6.92 Å². The van der Waals surface area contributed by atoms with Crippen LogP contribution in [0.1, 0.15) is 46.0 Å². The number of rotatable bonds is 7. The monoisotopic (exact) mass is 299 g/mol. The van der Waals surface area contributed by atoms with Gasteiger partial charge in [0.15, 0.2) is 0 Å². The molecule has 2 amide bonds. The Morgan fingerprint density at radius 3 is 2.67 bits per heavy atom. The number of carboxylic acids is 1. The second-order valence-corrected chi connectivity index (χ2v) is 6.29. The number of likely N-dealkylation sites (N-methyl/N-ethyl adjacent to an activating group) is 1. The van der Waals surface area contributed by atoms with Crippen molar-refractivity contribution in [2.75, 3.05) is 20.1 Å². The fourth-order valence-electron chi connectivity index (χ4n) is 2.66. The highest BCUT2D eigenvalue weighted by molar-refractivity contribution is 5.74. The van der Waals surface area contributed by atoms with Gasteiger partial charge in [-0.3, -0.25) is 4.79 Å². The van der Waals surface area contributed by atoms with Crippen LogP contribution in [0.15, 0.2) is 0 Å². The lowest BCUT2D eigenvalue weighted by molar-refractivity contribution is -0.141. The molecule has 1 aliphatic rings. The molecule has 1 heterocycles. The third-order valence-electron chi connectivity index (χ3n) is 4.03. The Bertz CT molecular complexity index is 349. The first-order valence-electron chi connectivity index (χ1n) is 7.87. The van der Waals surface area contributed by atoms with Gasteiger partial charge in [-0.25, -0.2) is 4.79 Å². The fourth-order valence-corrected chi connectivity index (χ4v) is 2.66. The van der Waals surface area contributed by atoms with Gasteiger partial charge in [0.1, 0.15) is 0 Å². The van der Waals surface area contributed by atoms with Crippen LogP contribution in [-0.4, -0.2) is 54.2 Å². The zero-order valence-electron chi connectivity index (χ0n) is 13.4. The van der Waals surface area contributed by atoms with Crippen LogP contribution in [0.25, 0.3) is 0 Å². The molecule has 0 aromatic rings. The van der Waals surface area contributed by atoms with Crippen LogP contribution in [0.5, 0.6) is 0 Å². The van der Waals surface area contributed by atoms with E-state index in [1.165, 1.54) is 0 Å². The number of carbonyl (C=O) groups excluding carboxylic acids is 1. The Balaban J connectivity index is 2.16. The summed E-state index contributed by atoms with van der Waals surface area (Å²) in [4.78, 5) is 24.8. The van der Waals surface area contributed by atoms with E-state index in [0.717, 1.165) is 38.8 Å². The number of aliphatic carboxylic acids is 1. The molecule has 6 heteroatoms. The van der Waals surface area contributed by atoms with Crippen LogP contribution in [0, 0.1) is 5.92 Å². The number of nitrogens with zero attached hydrogens (tertiary/aromatic N) is 1. The predicted molar refractivity (Wildman–Crippen MR) is 82.3 cm³/mol. The molecule has 3 atom stereocenters. The lowest BCUT2D eigenvalue weighted by Crippen LogP contribution is -2.51. The number of nitrogens with one attached hydrogen (secondary N) is 2. The maximum absolute atomic E-state index is 11.9. The molecule has 0 saturated carbocycles. The molecule has 0 aliphatic carbocycles. The highest BCUT2D eigenvalue weighted by Crippen LogP contribution is 2.10. The van der Waals surface area contributed by atoms with E-state index in [9.17, 15) is 9.59 Å². The molecule has 21 heavy (non-hydrogen) atoms. The Labute approximate surface area is 127 Å². The van der Waals surface area contributed by atoms with Crippen LogP contribution in [0.3, 0.4) is 0 Å². The largest absolute Gasteiger partial charge is 0.481 e. The smallest absolute Gasteiger partial charge is 0.315 e. The molecular weight excluding hydrogens is 270 g/mol. The summed E-state index contributed by atoms with van der Waals surface area (Å²) in [5.41, 5.74) is 0. The Kier molecular flexibility index (Phi) is 7.50. The normalized spacial score (nSPS) is 22.3. The van der Waals surface area contributed by atoms with Gasteiger partial charge in [-0.05, 0) is 46.2 Å². The van der Waals surface area contributed by atoms with Gasteiger partial charge in [0.25, 0.3) is 0 Å². The van der Waals surface area contributed by atoms with Gasteiger partial charge >= 0.3 is 12.0 Å². The second-order valence-electron chi connectivity index (χ2n) is 6.29. The zero-order chi connectivity index (χ0) is 15.8. The zero-order valence-corrected chi connectivity index (χ0v) is 13.4. The lowest BCUT2D eigenvalue weighted by atomic mass is 10.0. The summed E-state index contributed by atoms with van der Waals surface area (Å²) in [5, 5.41) is 14.8. The summed E-state index contributed by atoms with van der Waals surface area (Å²) in [6.45, 7) is 5.67. The van der Waals surface area contributed by atoms with Crippen molar-refractivity contribution in [3.63, 3.8) is 0 Å². The van der Waals surface area contributed by atoms with Crippen molar-refractivity contribution in [3.8, 4) is 0 Å². The van der Waals surface area contributed by atoms with Crippen molar-refractivity contribution in [2.45, 2.75) is 58.0 Å². The van der Waals surface area contributed by atoms with Crippen LogP contribution in [0.4, 0.5) is 4.79 Å². The maximum atomic E-state index is 11.9. The highest BCUT2D eigenvalue weighted by atomic mass is 16.4. The van der Waals surface area contributed by atoms with Crippen LogP contribution >= 0.6 is 0 Å². The van der Waals surface area contributed by atoms with Crippen molar-refractivity contribution in [1.82, 2.24) is 15.5 Å². The first-order valence-corrected chi connectivity index (χ1v) is 7.87. The average Bonchev–Trinajstić information content (AvgIpc) is 2.37. The summed E-state index contributed by atoms with van der Waals surface area (Å²) >= 11 is 0. The standard InChI is InChI=1S/C15H29N3O3/c1-11(14(19)20)6-4-7-12(2)16-15(21)17-13-8-5-9-18(3)10-13/h11-13H,4-10H2,1-3H3,(H,19,20)(H2,16,17,21). The van der Waals surface area contributed by atoms with E-state index in [1.54, 1.807) is 6.92 Å². The van der Waals surface area contributed by atoms with Gasteiger partial charge in [0.2, 0.25) is 0 Å². The first kappa shape index (κ1) is 17.8. The number of carboxylic acid groups (broad SMARTS) is 1. The fraction of sp³-hybridized carbons (Fsp3) is 0.867. The Morgan fingerprint density at radius 1 is 1.33 bits per heavy atom. The van der Waals surface area contributed by atoms with E-state index in [-0.39, 0.29) is 24.0 Å². The number of piperidine rings is 1. The van der Waals surface area contributed by atoms with E-state index in [0.29, 0.717) is 6.42 Å². The minimum absolute atomic E-state index is 0.0623. The number of hydrogen-bond acceptors (Lipinski definition) is 3. The molecule has 3 N–H and O–H groups in total. The summed E-state index contributed by atoms with van der Waals surface area (Å²) in [6.07, 6.45) is 4.40. The van der Waals surface area contributed by atoms with Gasteiger partial charge in [-0.15, -0.1) is 0 Å². The van der Waals surface area contributed by atoms with Crippen molar-refractivity contribution in [1.29, 1.82) is 0 Å². The SMILES string of the molecule is CC(CCCC(C)C(=O)O)NC(=O)NC1CCCN(C)C1. The summed E-state index contributed by atoms with van der Waals surface area (Å²) in [5.74, 6) is -1.07. The molecule has 1 aliphatic heterocycles. The molecule has 0 bridgehead atoms. The molecule has 1 rings (SSSR count). The molecule has 1 fully saturated rings. The molecule has 1 saturated heterocycles. The second kappa shape index (κ2) is 8.87. The van der Waals surface area contributed by atoms with Crippen molar-refractivity contribution in [3.05, 3.63) is 0 Å². The molecular formula is C15H29N3O3. The molecule has 0 aromatic heterocycles. The lowest BCUT2D eigenvalue weighted by Gasteiger charge is -2.30. The minimum Gasteiger partial charge on any atom is -0.481 e. The van der Waals surface area contributed by atoms with Crippen LogP contribution in [-0.2, 0) is 4.79 Å². The topological polar surface area (TPSA) is 81.7 Å². The number of likely N-dealkylation sites (tertiary alicyclic amines) is 1. The van der Waals surface area contributed by atoms with E-state index < -0.39 is 5.97 Å². The van der Waals surface area contributed by atoms with Crippen LogP contribution < -0.4 is 10.6 Å². The van der Waals surface area contributed by atoms with Crippen LogP contribution in [0.2, 0.25) is 0 Å². The molecule has 122 valence electrons. The quantitative estimate of drug-likeness (QED) is 0.668. The van der Waals surface area contributed by atoms with Gasteiger partial charge in [-0.2, -0.15) is 0 Å². The van der Waals surface area contributed by atoms with Gasteiger partial charge < -0.3 is 20.6 Å². The predicted octanol–water partition coefficient (Wildman–Crippen LogP) is 1.66. The van der Waals surface area contributed by atoms with E-state index in [4.69, 9.17) is 5.11 Å². The Hall–Kier alpha value is -1.30. The summed E-state index contributed by atoms with van der Waals surface area (Å²) < 4.78 is 0. The number of urea groups is 1. The molecule has 0 radical (unpaired) electrons. The minimum atomic E-state index is -0.755. The third-order valence-corrected chi connectivity index (χ3v) is 4.03. The van der Waals surface area contributed by atoms with Gasteiger partial charge in [0.05, 0.1) is 5.92 Å². The van der Waals surface area contributed by atoms with Crippen molar-refractivity contribution < 1.29 is 14.7 Å². The molecule has 0 spiro atoms. The Morgan fingerprint density at radius 2 is 2.05 bits per heavy atom.